The van der Waals surface area contributed by atoms with Gasteiger partial charge in [0, 0.05) is 18.0 Å². The number of hydrogen-bond donors (Lipinski definition) is 3. The van der Waals surface area contributed by atoms with Gasteiger partial charge in [-0.1, -0.05) is 6.07 Å². The van der Waals surface area contributed by atoms with Crippen LogP contribution in [0.25, 0.3) is 0 Å². The monoisotopic (exact) mass is 287 g/mol. The Hall–Kier alpha value is -1.59. The lowest BCUT2D eigenvalue weighted by Gasteiger charge is -2.59. The molecule has 21 heavy (non-hydrogen) atoms. The molecule has 2 aliphatic heterocycles. The number of hydrogen-bond acceptors (Lipinski definition) is 5. The summed E-state index contributed by atoms with van der Waals surface area (Å²) in [6.07, 6.45) is 1.54. The molecule has 2 bridgehead atoms. The molecule has 0 radical (unpaired) electrons. The number of ketones is 1. The van der Waals surface area contributed by atoms with Gasteiger partial charge in [0.05, 0.1) is 11.0 Å². The molecule has 4 atom stereocenters. The number of phenols is 1. The molecule has 3 N–H and O–H groups in total. The molecule has 1 aromatic carbocycles. The van der Waals surface area contributed by atoms with E-state index in [1.165, 1.54) is 0 Å². The highest BCUT2D eigenvalue weighted by molar-refractivity contribution is 5.90. The number of Topliss-reactive ketones (excluding diaryl/α,β-unsaturated/α-hetero) is 1. The quantitative estimate of drug-likeness (QED) is 0.644. The number of carbonyl (C=O) groups is 1. The molecule has 5 heteroatoms. The summed E-state index contributed by atoms with van der Waals surface area (Å²) >= 11 is 0. The number of ether oxygens (including phenoxy) is 1. The second kappa shape index (κ2) is 3.42. The Morgan fingerprint density at radius 3 is 3.05 bits per heavy atom. The van der Waals surface area contributed by atoms with Crippen LogP contribution < -0.4 is 10.1 Å². The molecule has 1 saturated carbocycles. The Balaban J connectivity index is 1.89. The van der Waals surface area contributed by atoms with Gasteiger partial charge in [0.15, 0.2) is 23.4 Å². The molecular formula is C16H17NO4. The highest BCUT2D eigenvalue weighted by atomic mass is 16.5. The van der Waals surface area contributed by atoms with E-state index in [0.717, 1.165) is 17.7 Å². The molecule has 110 valence electrons. The summed E-state index contributed by atoms with van der Waals surface area (Å²) in [4.78, 5) is 12.4. The molecule has 2 fully saturated rings. The molecule has 0 amide bonds. The number of piperidine rings is 1. The molecule has 0 aromatic heterocycles. The zero-order chi connectivity index (χ0) is 14.4. The van der Waals surface area contributed by atoms with Gasteiger partial charge in [0.2, 0.25) is 0 Å². The van der Waals surface area contributed by atoms with Crippen molar-refractivity contribution in [3.63, 3.8) is 0 Å². The molecule has 2 heterocycles. The van der Waals surface area contributed by atoms with Crippen LogP contribution in [0.5, 0.6) is 11.5 Å². The van der Waals surface area contributed by atoms with Crippen LogP contribution in [0.4, 0.5) is 0 Å². The van der Waals surface area contributed by atoms with Crippen LogP contribution in [-0.2, 0) is 16.6 Å². The third-order valence-electron chi connectivity index (χ3n) is 6.08. The summed E-state index contributed by atoms with van der Waals surface area (Å²) in [5.41, 5.74) is 0.332. The molecule has 1 saturated heterocycles. The molecule has 1 spiro atoms. The van der Waals surface area contributed by atoms with E-state index >= 15 is 0 Å². The van der Waals surface area contributed by atoms with Gasteiger partial charge in [0.25, 0.3) is 0 Å². The molecule has 4 aliphatic rings. The second-order valence-corrected chi connectivity index (χ2v) is 6.77. The minimum absolute atomic E-state index is 0.0452. The Labute approximate surface area is 121 Å². The highest BCUT2D eigenvalue weighted by Crippen LogP contribution is 2.63. The topological polar surface area (TPSA) is 78.8 Å². The lowest BCUT2D eigenvalue weighted by molar-refractivity contribution is -0.166. The highest BCUT2D eigenvalue weighted by Gasteiger charge is 2.71. The van der Waals surface area contributed by atoms with Crippen molar-refractivity contribution in [3.05, 3.63) is 23.3 Å². The fourth-order valence-corrected chi connectivity index (χ4v) is 5.22. The molecule has 2 aliphatic carbocycles. The van der Waals surface area contributed by atoms with Crippen molar-refractivity contribution < 1.29 is 19.7 Å². The number of carbonyl (C=O) groups excluding carboxylic acids is 1. The molecule has 1 unspecified atom stereocenters. The summed E-state index contributed by atoms with van der Waals surface area (Å²) in [7, 11) is 0. The van der Waals surface area contributed by atoms with Crippen molar-refractivity contribution in [2.75, 3.05) is 6.54 Å². The van der Waals surface area contributed by atoms with Crippen molar-refractivity contribution in [1.29, 1.82) is 0 Å². The fourth-order valence-electron chi connectivity index (χ4n) is 5.22. The summed E-state index contributed by atoms with van der Waals surface area (Å²) in [5.74, 6) is 0.542. The molecule has 5 rings (SSSR count). The fraction of sp³-hybridized carbons (Fsp3) is 0.562. The number of phenolic OH excluding ortho intramolecular Hbond substituents is 1. The van der Waals surface area contributed by atoms with E-state index < -0.39 is 17.1 Å². The summed E-state index contributed by atoms with van der Waals surface area (Å²) in [6, 6.07) is 3.49. The number of aromatic hydroxyl groups is 1. The van der Waals surface area contributed by atoms with E-state index in [-0.39, 0.29) is 17.6 Å². The van der Waals surface area contributed by atoms with Crippen LogP contribution in [0.3, 0.4) is 0 Å². The number of rotatable bonds is 0. The largest absolute Gasteiger partial charge is 0.504 e. The zero-order valence-corrected chi connectivity index (χ0v) is 11.6. The van der Waals surface area contributed by atoms with E-state index in [4.69, 9.17) is 4.74 Å². The third-order valence-corrected chi connectivity index (χ3v) is 6.08. The minimum Gasteiger partial charge on any atom is -0.504 e. The van der Waals surface area contributed by atoms with Gasteiger partial charge in [-0.15, -0.1) is 0 Å². The van der Waals surface area contributed by atoms with Crippen LogP contribution in [0.2, 0.25) is 0 Å². The SMILES string of the molecule is O=C1CC[C@@]2(O)[C@H]3Cc4ccc(O)c5c4C2(CCN3)[C@H]1O5. The number of nitrogens with one attached hydrogen (secondary N) is 1. The Bertz CT molecular complexity index is 687. The maximum Gasteiger partial charge on any atom is 0.174 e. The van der Waals surface area contributed by atoms with Gasteiger partial charge in [0.1, 0.15) is 0 Å². The molecule has 5 nitrogen and oxygen atoms in total. The average Bonchev–Trinajstić information content (AvgIpc) is 2.80. The normalized spacial score (nSPS) is 42.4. The summed E-state index contributed by atoms with van der Waals surface area (Å²) in [6.45, 7) is 0.759. The lowest BCUT2D eigenvalue weighted by atomic mass is 9.49. The first-order valence-corrected chi connectivity index (χ1v) is 7.58. The second-order valence-electron chi connectivity index (χ2n) is 6.77. The smallest absolute Gasteiger partial charge is 0.174 e. The molecular weight excluding hydrogens is 270 g/mol. The van der Waals surface area contributed by atoms with Crippen molar-refractivity contribution in [3.8, 4) is 11.5 Å². The van der Waals surface area contributed by atoms with Gasteiger partial charge >= 0.3 is 0 Å². The maximum absolute atomic E-state index is 12.4. The lowest BCUT2D eigenvalue weighted by Crippen LogP contribution is -2.76. The number of aliphatic hydroxyl groups is 1. The predicted molar refractivity (Wildman–Crippen MR) is 73.5 cm³/mol. The maximum atomic E-state index is 12.4. The van der Waals surface area contributed by atoms with Gasteiger partial charge in [-0.2, -0.15) is 0 Å². The van der Waals surface area contributed by atoms with Crippen molar-refractivity contribution >= 4 is 5.78 Å². The van der Waals surface area contributed by atoms with Crippen LogP contribution in [0.1, 0.15) is 30.4 Å². The van der Waals surface area contributed by atoms with Crippen LogP contribution >= 0.6 is 0 Å². The van der Waals surface area contributed by atoms with Gasteiger partial charge in [-0.3, -0.25) is 4.79 Å². The van der Waals surface area contributed by atoms with Gasteiger partial charge in [-0.25, -0.2) is 0 Å². The van der Waals surface area contributed by atoms with Crippen LogP contribution in [-0.4, -0.2) is 40.3 Å². The Kier molecular flexibility index (Phi) is 1.95. The van der Waals surface area contributed by atoms with E-state index in [1.807, 2.05) is 6.07 Å². The number of benzene rings is 1. The van der Waals surface area contributed by atoms with E-state index in [1.54, 1.807) is 6.07 Å². The Morgan fingerprint density at radius 1 is 1.33 bits per heavy atom. The van der Waals surface area contributed by atoms with Crippen molar-refractivity contribution in [2.45, 2.75) is 48.8 Å². The first-order chi connectivity index (χ1) is 10.1. The third kappa shape index (κ3) is 1.09. The van der Waals surface area contributed by atoms with Crippen molar-refractivity contribution in [1.82, 2.24) is 5.32 Å². The van der Waals surface area contributed by atoms with Gasteiger partial charge in [-0.05, 0) is 37.4 Å². The Morgan fingerprint density at radius 2 is 2.19 bits per heavy atom. The van der Waals surface area contributed by atoms with Crippen LogP contribution in [0, 0.1) is 0 Å². The van der Waals surface area contributed by atoms with Gasteiger partial charge < -0.3 is 20.3 Å². The molecule has 1 aromatic rings. The first-order valence-electron chi connectivity index (χ1n) is 7.58. The van der Waals surface area contributed by atoms with E-state index in [0.29, 0.717) is 31.4 Å². The van der Waals surface area contributed by atoms with E-state index in [9.17, 15) is 15.0 Å². The summed E-state index contributed by atoms with van der Waals surface area (Å²) in [5, 5.41) is 25.0. The standard InChI is InChI=1S/C16H17NO4/c18-9-2-1-8-7-11-16(20)4-3-10(19)14-15(16,5-6-17-11)12(8)13(9)21-14/h1-2,11,14,17-18,20H,3-7H2/t11-,14+,15?,16-/m1/s1. The first kappa shape index (κ1) is 12.0. The minimum atomic E-state index is -0.962. The predicted octanol–water partition coefficient (Wildman–Crippen LogP) is 0.403. The average molecular weight is 287 g/mol. The van der Waals surface area contributed by atoms with E-state index in [2.05, 4.69) is 5.32 Å². The van der Waals surface area contributed by atoms with Crippen molar-refractivity contribution in [2.24, 2.45) is 0 Å². The zero-order valence-electron chi connectivity index (χ0n) is 11.6. The summed E-state index contributed by atoms with van der Waals surface area (Å²) < 4.78 is 5.90. The van der Waals surface area contributed by atoms with Crippen LogP contribution in [0.15, 0.2) is 12.1 Å².